The molecular formula is C10H12ClN. The molecule has 0 saturated carbocycles. The first-order valence-corrected chi connectivity index (χ1v) is 4.68. The van der Waals surface area contributed by atoms with Gasteiger partial charge in [0, 0.05) is 0 Å². The molecule has 12 heavy (non-hydrogen) atoms. The molecule has 1 nitrogen and oxygen atoms in total. The van der Waals surface area contributed by atoms with Crippen LogP contribution >= 0.6 is 11.6 Å². The Kier molecular flexibility index (Phi) is 2.07. The first kappa shape index (κ1) is 8.09. The van der Waals surface area contributed by atoms with Crippen LogP contribution in [0.15, 0.2) is 30.3 Å². The van der Waals surface area contributed by atoms with Gasteiger partial charge < -0.3 is 0 Å². The summed E-state index contributed by atoms with van der Waals surface area (Å²) in [5, 5.41) is 3.31. The third-order valence-corrected chi connectivity index (χ3v) is 2.88. The van der Waals surface area contributed by atoms with Crippen LogP contribution in [0, 0.1) is 0 Å². The van der Waals surface area contributed by atoms with Gasteiger partial charge in [0.1, 0.15) is 5.00 Å². The molecule has 0 spiro atoms. The number of hydrogen-bond acceptors (Lipinski definition) is 1. The summed E-state index contributed by atoms with van der Waals surface area (Å²) in [6.45, 7) is 1.03. The zero-order valence-electron chi connectivity index (χ0n) is 6.89. The smallest absolute Gasteiger partial charge is 0.119 e. The van der Waals surface area contributed by atoms with Gasteiger partial charge in [-0.3, -0.25) is 5.32 Å². The van der Waals surface area contributed by atoms with Gasteiger partial charge in [0.05, 0.1) is 0 Å². The van der Waals surface area contributed by atoms with Crippen molar-refractivity contribution in [2.24, 2.45) is 0 Å². The monoisotopic (exact) mass is 181 g/mol. The maximum Gasteiger partial charge on any atom is 0.119 e. The summed E-state index contributed by atoms with van der Waals surface area (Å²) >= 11 is 6.38. The molecule has 1 aliphatic heterocycles. The third-order valence-electron chi connectivity index (χ3n) is 2.33. The molecule has 0 aliphatic carbocycles. The van der Waals surface area contributed by atoms with Crippen LogP contribution in [0.3, 0.4) is 0 Å². The second kappa shape index (κ2) is 3.08. The molecule has 1 saturated heterocycles. The second-order valence-electron chi connectivity index (χ2n) is 3.20. The molecule has 0 amide bonds. The molecule has 1 aromatic rings. The average molecular weight is 182 g/mol. The molecule has 1 aliphatic rings. The van der Waals surface area contributed by atoms with Crippen molar-refractivity contribution in [3.05, 3.63) is 35.9 Å². The van der Waals surface area contributed by atoms with E-state index in [1.807, 2.05) is 18.2 Å². The Labute approximate surface area is 77.7 Å². The molecule has 2 heteroatoms. The lowest BCUT2D eigenvalue weighted by Gasteiger charge is -2.21. The molecule has 1 heterocycles. The van der Waals surface area contributed by atoms with Crippen LogP contribution in [0.5, 0.6) is 0 Å². The third kappa shape index (κ3) is 1.35. The van der Waals surface area contributed by atoms with Crippen LogP contribution in [-0.4, -0.2) is 6.54 Å². The van der Waals surface area contributed by atoms with E-state index >= 15 is 0 Å². The van der Waals surface area contributed by atoms with Gasteiger partial charge in [0.25, 0.3) is 0 Å². The molecule has 1 N–H and O–H groups in total. The standard InChI is InChI=1S/C10H12ClN/c11-10(7-4-8-12-10)9-5-2-1-3-6-9/h1-3,5-6,12H,4,7-8H2. The zero-order chi connectivity index (χ0) is 8.44. The van der Waals surface area contributed by atoms with Crippen molar-refractivity contribution >= 4 is 11.6 Å². The van der Waals surface area contributed by atoms with Crippen LogP contribution in [0.25, 0.3) is 0 Å². The Bertz CT molecular complexity index is 252. The van der Waals surface area contributed by atoms with E-state index in [-0.39, 0.29) is 5.00 Å². The van der Waals surface area contributed by atoms with Gasteiger partial charge in [-0.15, -0.1) is 0 Å². The maximum atomic E-state index is 6.38. The SMILES string of the molecule is ClC1(c2ccccc2)CCCN1. The lowest BCUT2D eigenvalue weighted by molar-refractivity contribution is 0.568. The fourth-order valence-electron chi connectivity index (χ4n) is 1.66. The Balaban J connectivity index is 2.29. The Morgan fingerprint density at radius 1 is 1.25 bits per heavy atom. The molecule has 64 valence electrons. The molecule has 1 aromatic carbocycles. The number of alkyl halides is 1. The highest BCUT2D eigenvalue weighted by molar-refractivity contribution is 6.23. The van der Waals surface area contributed by atoms with Crippen molar-refractivity contribution in [3.63, 3.8) is 0 Å². The van der Waals surface area contributed by atoms with Crippen LogP contribution in [0.2, 0.25) is 0 Å². The highest BCUT2D eigenvalue weighted by Gasteiger charge is 2.32. The predicted octanol–water partition coefficient (Wildman–Crippen LogP) is 2.46. The van der Waals surface area contributed by atoms with E-state index in [2.05, 4.69) is 17.4 Å². The fourth-order valence-corrected chi connectivity index (χ4v) is 2.01. The highest BCUT2D eigenvalue weighted by Crippen LogP contribution is 2.34. The van der Waals surface area contributed by atoms with Crippen LogP contribution in [-0.2, 0) is 5.00 Å². The molecule has 2 rings (SSSR count). The lowest BCUT2D eigenvalue weighted by Crippen LogP contribution is -2.30. The Morgan fingerprint density at radius 3 is 2.58 bits per heavy atom. The fraction of sp³-hybridized carbons (Fsp3) is 0.400. The van der Waals surface area contributed by atoms with Crippen LogP contribution in [0.1, 0.15) is 18.4 Å². The topological polar surface area (TPSA) is 12.0 Å². The quantitative estimate of drug-likeness (QED) is 0.519. The molecule has 0 radical (unpaired) electrons. The van der Waals surface area contributed by atoms with Gasteiger partial charge in [0.15, 0.2) is 0 Å². The van der Waals surface area contributed by atoms with Crippen molar-refractivity contribution < 1.29 is 0 Å². The van der Waals surface area contributed by atoms with Crippen molar-refractivity contribution in [3.8, 4) is 0 Å². The second-order valence-corrected chi connectivity index (χ2v) is 3.84. The van der Waals surface area contributed by atoms with E-state index in [0.29, 0.717) is 0 Å². The van der Waals surface area contributed by atoms with Gasteiger partial charge in [-0.25, -0.2) is 0 Å². The van der Waals surface area contributed by atoms with Gasteiger partial charge in [-0.1, -0.05) is 41.9 Å². The molecule has 1 atom stereocenters. The first-order valence-electron chi connectivity index (χ1n) is 4.31. The summed E-state index contributed by atoms with van der Waals surface area (Å²) < 4.78 is 0. The van der Waals surface area contributed by atoms with Crippen LogP contribution < -0.4 is 5.32 Å². The lowest BCUT2D eigenvalue weighted by atomic mass is 10.1. The summed E-state index contributed by atoms with van der Waals surface area (Å²) in [6, 6.07) is 10.2. The van der Waals surface area contributed by atoms with Gasteiger partial charge >= 0.3 is 0 Å². The minimum atomic E-state index is -0.290. The number of rotatable bonds is 1. The average Bonchev–Trinajstić information content (AvgIpc) is 2.55. The summed E-state index contributed by atoms with van der Waals surface area (Å²) in [6.07, 6.45) is 2.19. The molecular weight excluding hydrogens is 170 g/mol. The number of hydrogen-bond donors (Lipinski definition) is 1. The maximum absolute atomic E-state index is 6.38. The normalized spacial score (nSPS) is 29.1. The highest BCUT2D eigenvalue weighted by atomic mass is 35.5. The van der Waals surface area contributed by atoms with Gasteiger partial charge in [0.2, 0.25) is 0 Å². The minimum absolute atomic E-state index is 0.290. The Morgan fingerprint density at radius 2 is 2.00 bits per heavy atom. The molecule has 1 unspecified atom stereocenters. The Hall–Kier alpha value is -0.530. The summed E-state index contributed by atoms with van der Waals surface area (Å²) in [5.41, 5.74) is 1.18. The van der Waals surface area contributed by atoms with Gasteiger partial charge in [-0.2, -0.15) is 0 Å². The number of halogens is 1. The van der Waals surface area contributed by atoms with E-state index in [1.54, 1.807) is 0 Å². The molecule has 0 aromatic heterocycles. The van der Waals surface area contributed by atoms with Crippen molar-refractivity contribution in [1.29, 1.82) is 0 Å². The van der Waals surface area contributed by atoms with Crippen molar-refractivity contribution in [2.45, 2.75) is 17.8 Å². The van der Waals surface area contributed by atoms with E-state index in [0.717, 1.165) is 13.0 Å². The van der Waals surface area contributed by atoms with Crippen LogP contribution in [0.4, 0.5) is 0 Å². The molecule has 1 fully saturated rings. The molecule has 0 bridgehead atoms. The van der Waals surface area contributed by atoms with Gasteiger partial charge in [-0.05, 0) is 24.9 Å². The number of nitrogens with one attached hydrogen (secondary N) is 1. The summed E-state index contributed by atoms with van der Waals surface area (Å²) in [5.74, 6) is 0. The number of benzene rings is 1. The largest absolute Gasteiger partial charge is 0.295 e. The summed E-state index contributed by atoms with van der Waals surface area (Å²) in [7, 11) is 0. The zero-order valence-corrected chi connectivity index (χ0v) is 7.64. The summed E-state index contributed by atoms with van der Waals surface area (Å²) in [4.78, 5) is -0.290. The van der Waals surface area contributed by atoms with E-state index < -0.39 is 0 Å². The van der Waals surface area contributed by atoms with Crippen molar-refractivity contribution in [1.82, 2.24) is 5.32 Å². The predicted molar refractivity (Wildman–Crippen MR) is 51.2 cm³/mol. The first-order chi connectivity index (χ1) is 5.81. The van der Waals surface area contributed by atoms with E-state index in [4.69, 9.17) is 11.6 Å². The minimum Gasteiger partial charge on any atom is -0.295 e. The van der Waals surface area contributed by atoms with E-state index in [9.17, 15) is 0 Å². The van der Waals surface area contributed by atoms with Crippen molar-refractivity contribution in [2.75, 3.05) is 6.54 Å². The van der Waals surface area contributed by atoms with E-state index in [1.165, 1.54) is 12.0 Å².